The molecule has 4 N–H and O–H groups in total. The van der Waals surface area contributed by atoms with Crippen LogP contribution < -0.4 is 15.8 Å². The predicted octanol–water partition coefficient (Wildman–Crippen LogP) is 6.27. The minimum Gasteiger partial charge on any atom is -0.490 e. The van der Waals surface area contributed by atoms with Gasteiger partial charge in [0.15, 0.2) is 5.78 Å². The number of methoxy groups -OCH3 is 1. The molecule has 0 radical (unpaired) electrons. The number of carbonyl (C=O) groups is 6. The van der Waals surface area contributed by atoms with Crippen LogP contribution in [0.25, 0.3) is 11.1 Å². The first-order chi connectivity index (χ1) is 31.0. The Balaban J connectivity index is 0.000000925. The summed E-state index contributed by atoms with van der Waals surface area (Å²) in [4.78, 5) is 76.5. The zero-order valence-electron chi connectivity index (χ0n) is 35.7. The van der Waals surface area contributed by atoms with Crippen LogP contribution in [0, 0.1) is 24.2 Å². The first kappa shape index (κ1) is 47.3. The third-order valence-electron chi connectivity index (χ3n) is 11.2. The fourth-order valence-electron chi connectivity index (χ4n) is 7.41. The van der Waals surface area contributed by atoms with Gasteiger partial charge in [0.2, 0.25) is 0 Å². The lowest BCUT2D eigenvalue weighted by atomic mass is 9.72. The number of nitrogens with one attached hydrogen (secondary N) is 1. The third kappa shape index (κ3) is 12.1. The van der Waals surface area contributed by atoms with Gasteiger partial charge in [0.25, 0.3) is 11.8 Å². The summed E-state index contributed by atoms with van der Waals surface area (Å²) in [5.74, 6) is 2.52. The molecule has 1 saturated carbocycles. The average molecular weight is 897 g/mol. The molecular formula is C48H47F3N4O10. The van der Waals surface area contributed by atoms with Crippen LogP contribution in [0.2, 0.25) is 0 Å². The molecule has 4 aromatic carbocycles. The summed E-state index contributed by atoms with van der Waals surface area (Å²) < 4.78 is 47.8. The number of piperidine rings is 1. The van der Waals surface area contributed by atoms with Crippen molar-refractivity contribution in [2.45, 2.75) is 44.8 Å². The van der Waals surface area contributed by atoms with Gasteiger partial charge >= 0.3 is 24.2 Å². The number of rotatable bonds is 11. The maximum Gasteiger partial charge on any atom is 0.490 e. The number of esters is 1. The summed E-state index contributed by atoms with van der Waals surface area (Å²) >= 11 is 0. The molecule has 0 unspecified atom stereocenters. The number of amides is 3. The van der Waals surface area contributed by atoms with E-state index in [2.05, 4.69) is 17.2 Å². The summed E-state index contributed by atoms with van der Waals surface area (Å²) in [7, 11) is 1.29. The molecule has 2 saturated heterocycles. The van der Waals surface area contributed by atoms with Gasteiger partial charge in [0.1, 0.15) is 19.0 Å². The van der Waals surface area contributed by atoms with Crippen LogP contribution in [-0.2, 0) is 14.3 Å². The van der Waals surface area contributed by atoms with E-state index in [0.29, 0.717) is 59.7 Å². The molecule has 3 fully saturated rings. The molecule has 0 atom stereocenters. The van der Waals surface area contributed by atoms with Crippen molar-refractivity contribution in [2.75, 3.05) is 53.0 Å². The number of nitrogens with two attached hydrogens (primary N) is 1. The predicted molar refractivity (Wildman–Crippen MR) is 230 cm³/mol. The van der Waals surface area contributed by atoms with Crippen molar-refractivity contribution in [1.82, 2.24) is 15.1 Å². The van der Waals surface area contributed by atoms with Crippen LogP contribution in [-0.4, -0.2) is 116 Å². The number of carbonyl (C=O) groups excluding carboxylic acids is 5. The number of hydrogen-bond acceptors (Lipinski definition) is 10. The Hall–Kier alpha value is -7.19. The van der Waals surface area contributed by atoms with Crippen LogP contribution in [0.5, 0.6) is 5.75 Å². The number of hydrogen-bond donors (Lipinski definition) is 3. The largest absolute Gasteiger partial charge is 0.490 e. The molecule has 2 heterocycles. The molecule has 0 aromatic heterocycles. The molecule has 14 nitrogen and oxygen atoms in total. The van der Waals surface area contributed by atoms with Crippen molar-refractivity contribution in [3.05, 3.63) is 124 Å². The lowest BCUT2D eigenvalue weighted by Crippen LogP contribution is -2.62. The Morgan fingerprint density at radius 3 is 2.02 bits per heavy atom. The van der Waals surface area contributed by atoms with Gasteiger partial charge in [-0.25, -0.2) is 14.4 Å². The number of aliphatic carboxylic acids is 1. The summed E-state index contributed by atoms with van der Waals surface area (Å²) in [5.41, 5.74) is 11.2. The Morgan fingerprint density at radius 1 is 0.831 bits per heavy atom. The van der Waals surface area contributed by atoms with Crippen molar-refractivity contribution in [1.29, 1.82) is 0 Å². The minimum atomic E-state index is -5.08. The second-order valence-corrected chi connectivity index (χ2v) is 15.9. The van der Waals surface area contributed by atoms with Crippen molar-refractivity contribution < 1.29 is 61.3 Å². The minimum absolute atomic E-state index is 0.0563. The Morgan fingerprint density at radius 2 is 1.43 bits per heavy atom. The highest BCUT2D eigenvalue weighted by Gasteiger charge is 2.48. The van der Waals surface area contributed by atoms with E-state index >= 15 is 0 Å². The lowest BCUT2D eigenvalue weighted by molar-refractivity contribution is -0.192. The van der Waals surface area contributed by atoms with Crippen molar-refractivity contribution >= 4 is 35.6 Å². The van der Waals surface area contributed by atoms with E-state index in [1.165, 1.54) is 7.11 Å². The van der Waals surface area contributed by atoms with Crippen LogP contribution in [0.1, 0.15) is 83.8 Å². The zero-order chi connectivity index (χ0) is 46.9. The number of nitrogens with zero attached hydrogens (tertiary/aromatic N) is 2. The molecule has 17 heteroatoms. The van der Waals surface area contributed by atoms with Gasteiger partial charge in [-0.3, -0.25) is 14.4 Å². The van der Waals surface area contributed by atoms with Crippen LogP contribution in [0.3, 0.4) is 0 Å². The van der Waals surface area contributed by atoms with E-state index in [9.17, 15) is 37.1 Å². The molecule has 1 aliphatic carbocycles. The number of likely N-dealkylation sites (tertiary alicyclic amines) is 2. The number of benzene rings is 4. The van der Waals surface area contributed by atoms with Gasteiger partial charge in [-0.1, -0.05) is 42.2 Å². The topological polar surface area (TPSA) is 195 Å². The van der Waals surface area contributed by atoms with E-state index in [-0.39, 0.29) is 54.4 Å². The van der Waals surface area contributed by atoms with E-state index in [1.54, 1.807) is 64.4 Å². The summed E-state index contributed by atoms with van der Waals surface area (Å²) in [6.07, 6.45) is -1.92. The first-order valence-corrected chi connectivity index (χ1v) is 20.7. The highest BCUT2D eigenvalue weighted by atomic mass is 19.4. The average Bonchev–Trinajstić information content (AvgIpc) is 4.12. The van der Waals surface area contributed by atoms with Gasteiger partial charge in [-0.05, 0) is 104 Å². The number of alkyl halides is 3. The highest BCUT2D eigenvalue weighted by molar-refractivity contribution is 6.09. The fourth-order valence-corrected chi connectivity index (χ4v) is 7.41. The van der Waals surface area contributed by atoms with E-state index in [0.717, 1.165) is 42.4 Å². The SMILES string of the molecule is COC(=O)c1ccc(C(=O)N2CCC3(CC2)CN(C(=O)OCCOc2ccc(C(=O)c4ccc(-c5cc(C(=O)NC6CC6)ccc5C)cc4)cc2)C3)cc1C#CCN.O=C(O)C(F)(F)F. The fraction of sp³-hybridized carbons (Fsp3) is 0.333. The van der Waals surface area contributed by atoms with Gasteiger partial charge in [0, 0.05) is 65.5 Å². The van der Waals surface area contributed by atoms with Crippen molar-refractivity contribution in [2.24, 2.45) is 11.1 Å². The van der Waals surface area contributed by atoms with Crippen LogP contribution in [0.4, 0.5) is 18.0 Å². The maximum absolute atomic E-state index is 13.3. The van der Waals surface area contributed by atoms with Crippen molar-refractivity contribution in [3.8, 4) is 28.7 Å². The maximum atomic E-state index is 13.3. The Bertz CT molecular complexity index is 2500. The van der Waals surface area contributed by atoms with E-state index in [1.807, 2.05) is 37.3 Å². The zero-order valence-corrected chi connectivity index (χ0v) is 35.7. The highest BCUT2D eigenvalue weighted by Crippen LogP contribution is 2.41. The van der Waals surface area contributed by atoms with Gasteiger partial charge in [0.05, 0.1) is 19.2 Å². The number of halogens is 3. The first-order valence-electron chi connectivity index (χ1n) is 20.7. The summed E-state index contributed by atoms with van der Waals surface area (Å²) in [6, 6.07) is 25.0. The van der Waals surface area contributed by atoms with E-state index < -0.39 is 24.2 Å². The molecule has 340 valence electrons. The number of carboxylic acid groups (broad SMARTS) is 1. The number of aryl methyl sites for hydroxylation is 1. The van der Waals surface area contributed by atoms with Gasteiger partial charge in [-0.15, -0.1) is 0 Å². The molecule has 3 amide bonds. The molecule has 1 spiro atoms. The summed E-state index contributed by atoms with van der Waals surface area (Å²) in [5, 5.41) is 10.2. The Kier molecular flexibility index (Phi) is 14.9. The molecule has 65 heavy (non-hydrogen) atoms. The number of ketones is 1. The second kappa shape index (κ2) is 20.5. The molecular weight excluding hydrogens is 850 g/mol. The third-order valence-corrected chi connectivity index (χ3v) is 11.2. The normalized spacial score (nSPS) is 14.9. The molecule has 4 aromatic rings. The molecule has 0 bridgehead atoms. The summed E-state index contributed by atoms with van der Waals surface area (Å²) in [6.45, 7) is 4.55. The quantitative estimate of drug-likeness (QED) is 0.0665. The Labute approximate surface area is 372 Å². The smallest absolute Gasteiger partial charge is 0.490 e. The van der Waals surface area contributed by atoms with Gasteiger partial charge in [-0.2, -0.15) is 13.2 Å². The van der Waals surface area contributed by atoms with E-state index in [4.69, 9.17) is 29.8 Å². The second-order valence-electron chi connectivity index (χ2n) is 15.9. The van der Waals surface area contributed by atoms with Gasteiger partial charge < -0.3 is 40.2 Å². The lowest BCUT2D eigenvalue weighted by Gasteiger charge is -2.53. The van der Waals surface area contributed by atoms with Crippen LogP contribution >= 0.6 is 0 Å². The number of ether oxygens (including phenoxy) is 3. The van der Waals surface area contributed by atoms with Crippen molar-refractivity contribution in [3.63, 3.8) is 0 Å². The molecule has 7 rings (SSSR count). The molecule has 3 aliphatic rings. The number of carboxylic acids is 1. The van der Waals surface area contributed by atoms with Crippen LogP contribution in [0.15, 0.2) is 84.9 Å². The monoisotopic (exact) mass is 896 g/mol. The standard InChI is InChI=1S/C46H46N4O8.C2HF3O2/c1-30-5-6-35(42(52)48-37-14-15-37)27-40(30)31-7-9-32(10-8-31)41(51)33-11-16-38(17-12-33)57-24-25-58-45(55)50-28-46(29-50)19-22-49(23-20-46)43(53)36-13-18-39(44(54)56-2)34(26-36)4-3-21-47;3-2(4,5)1(6)7/h5-13,16-18,26-27,37H,14-15,19-25,28-29,47H2,1-2H3,(H,48,52);(H,6,7). The molecule has 2 aliphatic heterocycles.